The van der Waals surface area contributed by atoms with Gasteiger partial charge >= 0.3 is 0 Å². The Morgan fingerprint density at radius 3 is 0.664 bits per heavy atom. The summed E-state index contributed by atoms with van der Waals surface area (Å²) in [5.41, 5.74) is 0. The van der Waals surface area contributed by atoms with Gasteiger partial charge in [-0.1, -0.05) is 170 Å². The predicted octanol–water partition coefficient (Wildman–Crippen LogP) is 23.6. The first-order valence-electron chi connectivity index (χ1n) is 43.1. The topological polar surface area (TPSA) is 203 Å². The first-order chi connectivity index (χ1) is 49.3. The van der Waals surface area contributed by atoms with Crippen LogP contribution in [0.4, 0.5) is 0 Å². The zero-order chi connectivity index (χ0) is 83.0. The second-order valence-electron chi connectivity index (χ2n) is 36.2. The second-order valence-corrected chi connectivity index (χ2v) is 84.2. The fourth-order valence-corrected chi connectivity index (χ4v) is 50.7. The van der Waals surface area contributed by atoms with Gasteiger partial charge in [0, 0.05) is 81.8 Å². The van der Waals surface area contributed by atoms with E-state index < -0.39 is 92.0 Å². The molecule has 0 fully saturated rings. The summed E-state index contributed by atoms with van der Waals surface area (Å²) in [6.07, 6.45) is 28.9. The molecule has 16 nitrogen and oxygen atoms in total. The molecule has 0 atom stereocenters. The Morgan fingerprint density at radius 2 is 0.421 bits per heavy atom. The highest BCUT2D eigenvalue weighted by Gasteiger charge is 2.35. The lowest BCUT2D eigenvalue weighted by Crippen LogP contribution is -2.44. The number of rotatable bonds is 64. The maximum atomic E-state index is 8.68. The van der Waals surface area contributed by atoms with Crippen LogP contribution in [0, 0.1) is 0 Å². The van der Waals surface area contributed by atoms with Crippen molar-refractivity contribution in [1.29, 1.82) is 0 Å². The van der Waals surface area contributed by atoms with E-state index in [1.165, 1.54) is 157 Å². The molecule has 0 radical (unpaired) electrons. The SMILES string of the molecule is C.CCCC[Si](C)(C)C.CCCC[Si](C)(C)O[Si](C)(C)CCCCCCCCOCCO.CCCC[Si](C)(C)O[Si](C)(C)CCCCOCCO.CCCC[Si](C)(C)O[Si](C)(C)CCCOCCCCO.CCCC[Si](C)(C)O[Si](C)(C)CCCOCCCO.CO[SiH](C)C.CO[Si](C)(C)CCCOCCO. The summed E-state index contributed by atoms with van der Waals surface area (Å²) in [4.78, 5) is 0. The van der Waals surface area contributed by atoms with E-state index in [2.05, 4.69) is 185 Å². The van der Waals surface area contributed by atoms with Gasteiger partial charge in [0.1, 0.15) is 0 Å². The molecule has 5 N–H and O–H groups in total. The molecule has 0 spiro atoms. The zero-order valence-corrected chi connectivity index (χ0v) is 88.1. The van der Waals surface area contributed by atoms with Crippen LogP contribution in [0.2, 0.25) is 211 Å². The lowest BCUT2D eigenvalue weighted by Gasteiger charge is -2.34. The van der Waals surface area contributed by atoms with Gasteiger partial charge in [0.25, 0.3) is 0 Å². The molecule has 0 aromatic heterocycles. The minimum absolute atomic E-state index is 0. The number of hydrogen-bond acceptors (Lipinski definition) is 16. The summed E-state index contributed by atoms with van der Waals surface area (Å²) < 4.78 is 63.3. The van der Waals surface area contributed by atoms with E-state index in [9.17, 15) is 0 Å². The van der Waals surface area contributed by atoms with Crippen LogP contribution in [0.25, 0.3) is 0 Å². The van der Waals surface area contributed by atoms with Gasteiger partial charge in [-0.05, 0) is 237 Å². The number of aliphatic hydroxyl groups is 5. The minimum Gasteiger partial charge on any atom is -0.455 e. The van der Waals surface area contributed by atoms with Crippen molar-refractivity contribution in [2.45, 2.75) is 407 Å². The molecule has 658 valence electrons. The normalized spacial score (nSPS) is 12.4. The number of unbranched alkanes of at least 4 members (excludes halogenated alkanes) is 12. The van der Waals surface area contributed by atoms with E-state index in [4.69, 9.17) is 74.5 Å². The minimum atomic E-state index is -1.52. The van der Waals surface area contributed by atoms with Crippen LogP contribution < -0.4 is 0 Å². The van der Waals surface area contributed by atoms with Crippen molar-refractivity contribution >= 4 is 92.0 Å². The van der Waals surface area contributed by atoms with Gasteiger partial charge in [0.2, 0.25) is 0 Å². The Labute approximate surface area is 682 Å². The predicted molar refractivity (Wildman–Crippen MR) is 501 cm³/mol. The molecule has 0 unspecified atom stereocenters. The molecule has 0 aliphatic carbocycles. The molecular weight excluding hydrogens is 1530 g/mol. The maximum Gasteiger partial charge on any atom is 0.186 e. The van der Waals surface area contributed by atoms with Crippen LogP contribution in [-0.2, 0) is 49.0 Å². The smallest absolute Gasteiger partial charge is 0.186 e. The average Bonchev–Trinajstić information content (AvgIpc) is 0.890. The van der Waals surface area contributed by atoms with Crippen molar-refractivity contribution in [3.63, 3.8) is 0 Å². The van der Waals surface area contributed by atoms with E-state index in [0.29, 0.717) is 26.4 Å². The Hall–Kier alpha value is 1.75. The lowest BCUT2D eigenvalue weighted by atomic mass is 10.1. The van der Waals surface area contributed by atoms with E-state index in [1.807, 2.05) is 0 Å². The molecule has 0 aliphatic heterocycles. The van der Waals surface area contributed by atoms with Crippen molar-refractivity contribution in [1.82, 2.24) is 0 Å². The highest BCUT2D eigenvalue weighted by Crippen LogP contribution is 2.29. The maximum absolute atomic E-state index is 8.68. The summed E-state index contributed by atoms with van der Waals surface area (Å²) in [6, 6.07) is 12.7. The lowest BCUT2D eigenvalue weighted by molar-refractivity contribution is 0.0895. The van der Waals surface area contributed by atoms with Crippen molar-refractivity contribution in [2.24, 2.45) is 0 Å². The zero-order valence-electron chi connectivity index (χ0n) is 77.0. The van der Waals surface area contributed by atoms with Gasteiger partial charge in [-0.15, -0.1) is 0 Å². The van der Waals surface area contributed by atoms with Crippen molar-refractivity contribution in [2.75, 3.05) is 113 Å². The standard InChI is InChI=1S/C18H42O3Si2.C15H36O3Si2.2C14H34O3Si2.C8H20O3Si.C7H18Si.C3H10OSi.CH4/c1-6-7-17-22(2,3)21-23(4,5)18-13-11-9-8-10-12-15-20-16-14-19;1-6-7-14-19(2,3)18-20(4,5)15-10-13-17-12-9-8-11-16;1-6-7-13-18(2,3)17-19(4,5)14-9-12-16-11-8-10-15;1-6-7-13-18(2,3)17-19(4,5)14-9-8-11-16-12-10-15;1-10-12(2,3)8-4-6-11-7-5-9;1-5-6-7-8(2,3)4;1-4-5(2)3;/h19H,6-18H2,1-5H3;16H,6-15H2,1-5H3;2*15H,6-14H2,1-5H3;9H,4-8H2,1-3H3;5-7H2,1-4H3;5H,1-3H3;1H4. The van der Waals surface area contributed by atoms with E-state index in [0.717, 1.165) is 97.1 Å². The van der Waals surface area contributed by atoms with Crippen molar-refractivity contribution in [3.05, 3.63) is 0 Å². The molecule has 0 amide bonds. The molecule has 0 aliphatic rings. The fourth-order valence-electron chi connectivity index (χ4n) is 11.8. The number of hydrogen-bond donors (Lipinski definition) is 5. The summed E-state index contributed by atoms with van der Waals surface area (Å²) in [6.45, 7) is 72.8. The van der Waals surface area contributed by atoms with E-state index in [-0.39, 0.29) is 40.5 Å². The molecule has 0 saturated heterocycles. The number of ether oxygens (including phenoxy) is 5. The Bertz CT molecular complexity index is 1730. The van der Waals surface area contributed by atoms with Gasteiger partial charge < -0.3 is 74.5 Å². The summed E-state index contributed by atoms with van der Waals surface area (Å²) in [7, 11) is -11.0. The monoisotopic (exact) mass is 1720 g/mol. The third kappa shape index (κ3) is 110. The van der Waals surface area contributed by atoms with Gasteiger partial charge in [-0.3, -0.25) is 0 Å². The second kappa shape index (κ2) is 78.9. The molecule has 27 heteroatoms. The van der Waals surface area contributed by atoms with Crippen LogP contribution in [0.3, 0.4) is 0 Å². The Kier molecular flexibility index (Phi) is 91.7. The van der Waals surface area contributed by atoms with Crippen molar-refractivity contribution in [3.8, 4) is 0 Å². The molecule has 0 aromatic rings. The van der Waals surface area contributed by atoms with Gasteiger partial charge in [-0.25, -0.2) is 0 Å². The van der Waals surface area contributed by atoms with Gasteiger partial charge in [-0.2, -0.15) is 0 Å². The molecule has 0 saturated carbocycles. The van der Waals surface area contributed by atoms with Crippen LogP contribution >= 0.6 is 0 Å². The number of aliphatic hydroxyl groups excluding tert-OH is 5. The largest absolute Gasteiger partial charge is 0.455 e. The summed E-state index contributed by atoms with van der Waals surface area (Å²) in [5, 5.41) is 43.0. The molecule has 0 bridgehead atoms. The highest BCUT2D eigenvalue weighted by atomic mass is 28.4. The van der Waals surface area contributed by atoms with E-state index >= 15 is 0 Å². The van der Waals surface area contributed by atoms with Gasteiger partial charge in [0.15, 0.2) is 83.9 Å². The fraction of sp³-hybridized carbons (Fsp3) is 1.00. The van der Waals surface area contributed by atoms with Crippen molar-refractivity contribution < 1.29 is 74.5 Å². The quantitative estimate of drug-likeness (QED) is 0.0284. The summed E-state index contributed by atoms with van der Waals surface area (Å²) in [5.74, 6) is 0. The summed E-state index contributed by atoms with van der Waals surface area (Å²) >= 11 is 0. The molecular formula is C80H198O16Si11. The van der Waals surface area contributed by atoms with Crippen LogP contribution in [0.5, 0.6) is 0 Å². The van der Waals surface area contributed by atoms with Crippen LogP contribution in [0.15, 0.2) is 0 Å². The van der Waals surface area contributed by atoms with Gasteiger partial charge in [0.05, 0.1) is 39.6 Å². The molecule has 0 rings (SSSR count). The Balaban J connectivity index is -0.000000184. The highest BCUT2D eigenvalue weighted by molar-refractivity contribution is 6.87. The van der Waals surface area contributed by atoms with Crippen LogP contribution in [-0.4, -0.2) is 231 Å². The molecule has 0 aromatic carbocycles. The Morgan fingerprint density at radius 1 is 0.224 bits per heavy atom. The van der Waals surface area contributed by atoms with Crippen LogP contribution in [0.1, 0.15) is 196 Å². The van der Waals surface area contributed by atoms with E-state index in [1.54, 1.807) is 14.2 Å². The third-order valence-corrected chi connectivity index (χ3v) is 53.3. The first kappa shape index (κ1) is 124. The first-order valence-corrected chi connectivity index (χ1v) is 77.6. The average molecular weight is 1730 g/mol. The third-order valence-electron chi connectivity index (χ3n) is 17.7. The molecule has 107 heavy (non-hydrogen) atoms. The molecule has 0 heterocycles.